The molecule has 0 aliphatic heterocycles. The summed E-state index contributed by atoms with van der Waals surface area (Å²) in [6, 6.07) is 41.4. The Balaban J connectivity index is 0.00000481. The second kappa shape index (κ2) is 13.7. The zero-order valence-corrected chi connectivity index (χ0v) is 35.1. The Hall–Kier alpha value is -4.47. The third-order valence-corrected chi connectivity index (χ3v) is 10.1. The standard InChI is InChI=1S/C47H50N4O.Pt/c1-44(2,3)32-23-24-48-43(27-32)50-39-20-16-15-19-37(39)38-22-21-35(29-40(38)50)52-36-26-33(47(10,11)31-17-13-12-14-18-31)25-34(28-36)51-42(46(7,8)9)30-41(49-51)45(4,5)6;/h12-27,30H,1-11H3;/q-2;+2. The summed E-state index contributed by atoms with van der Waals surface area (Å²) in [4.78, 5) is 4.86. The van der Waals surface area contributed by atoms with Crippen LogP contribution in [0.2, 0.25) is 0 Å². The van der Waals surface area contributed by atoms with Crippen LogP contribution in [0.1, 0.15) is 104 Å². The van der Waals surface area contributed by atoms with E-state index in [1.165, 1.54) is 11.1 Å². The molecule has 53 heavy (non-hydrogen) atoms. The second-order valence-electron chi connectivity index (χ2n) is 17.6. The van der Waals surface area contributed by atoms with Gasteiger partial charge in [-0.1, -0.05) is 130 Å². The smallest absolute Gasteiger partial charge is 0.509 e. The molecule has 0 amide bonds. The van der Waals surface area contributed by atoms with Gasteiger partial charge in [0.25, 0.3) is 0 Å². The maximum absolute atomic E-state index is 6.80. The molecule has 4 aromatic carbocycles. The Morgan fingerprint density at radius 3 is 1.96 bits per heavy atom. The summed E-state index contributed by atoms with van der Waals surface area (Å²) < 4.78 is 11.1. The van der Waals surface area contributed by atoms with Crippen LogP contribution in [0.15, 0.2) is 103 Å². The second-order valence-corrected chi connectivity index (χ2v) is 17.6. The quantitative estimate of drug-likeness (QED) is 0.156. The van der Waals surface area contributed by atoms with Crippen molar-refractivity contribution >= 4 is 21.8 Å². The molecule has 0 atom stereocenters. The van der Waals surface area contributed by atoms with Gasteiger partial charge in [0.2, 0.25) is 0 Å². The molecule has 274 valence electrons. The topological polar surface area (TPSA) is 44.9 Å². The largest absolute Gasteiger partial charge is 2.00 e. The normalized spacial score (nSPS) is 12.7. The van der Waals surface area contributed by atoms with Crippen LogP contribution in [-0.2, 0) is 42.7 Å². The number of pyridine rings is 1. The summed E-state index contributed by atoms with van der Waals surface area (Å²) in [5, 5.41) is 7.45. The van der Waals surface area contributed by atoms with Gasteiger partial charge in [0.15, 0.2) is 0 Å². The summed E-state index contributed by atoms with van der Waals surface area (Å²) in [6.45, 7) is 24.5. The van der Waals surface area contributed by atoms with Gasteiger partial charge in [0.1, 0.15) is 5.82 Å². The van der Waals surface area contributed by atoms with Gasteiger partial charge in [-0.25, -0.2) is 4.98 Å². The van der Waals surface area contributed by atoms with Crippen LogP contribution in [0.25, 0.3) is 33.3 Å². The number of fused-ring (bicyclic) bond motifs is 3. The zero-order chi connectivity index (χ0) is 37.2. The van der Waals surface area contributed by atoms with Crippen molar-refractivity contribution in [3.8, 4) is 23.0 Å². The van der Waals surface area contributed by atoms with Gasteiger partial charge in [0, 0.05) is 39.7 Å². The van der Waals surface area contributed by atoms with Crippen molar-refractivity contribution in [1.82, 2.24) is 19.3 Å². The summed E-state index contributed by atoms with van der Waals surface area (Å²) >= 11 is 0. The van der Waals surface area contributed by atoms with E-state index in [1.807, 2.05) is 12.3 Å². The monoisotopic (exact) mass is 881 g/mol. The molecule has 7 aromatic rings. The SMILES string of the molecule is CC(C)(C)c1ccnc(-n2c3[c-]c(Oc4[c-]c(-n5nc(C(C)(C)C)cc5C(C)(C)C)cc(C(C)(C)c5ccccc5)c4)ccc3c3ccccc32)c1.[Pt+2]. The number of benzene rings is 4. The van der Waals surface area contributed by atoms with Gasteiger partial charge in [-0.15, -0.1) is 41.3 Å². The van der Waals surface area contributed by atoms with E-state index in [-0.39, 0.29) is 42.7 Å². The van der Waals surface area contributed by atoms with E-state index in [0.717, 1.165) is 50.3 Å². The number of hydrogen-bond acceptors (Lipinski definition) is 3. The van der Waals surface area contributed by atoms with Crippen LogP contribution in [0.4, 0.5) is 0 Å². The molecule has 5 nitrogen and oxygen atoms in total. The Labute approximate surface area is 329 Å². The van der Waals surface area contributed by atoms with E-state index in [1.54, 1.807) is 0 Å². The van der Waals surface area contributed by atoms with Crippen LogP contribution >= 0.6 is 0 Å². The fourth-order valence-electron chi connectivity index (χ4n) is 6.84. The summed E-state index contributed by atoms with van der Waals surface area (Å²) in [5.41, 5.74) is 7.92. The Morgan fingerprint density at radius 2 is 1.28 bits per heavy atom. The Morgan fingerprint density at radius 1 is 0.585 bits per heavy atom. The molecule has 3 aromatic heterocycles. The van der Waals surface area contributed by atoms with Gasteiger partial charge in [-0.2, -0.15) is 11.2 Å². The average Bonchev–Trinajstić information content (AvgIpc) is 3.69. The molecule has 3 heterocycles. The molecular formula is C47H50N4OPt. The first-order valence-electron chi connectivity index (χ1n) is 18.3. The maximum atomic E-state index is 6.80. The Kier molecular flexibility index (Phi) is 9.92. The third-order valence-electron chi connectivity index (χ3n) is 10.1. The molecule has 0 fully saturated rings. The van der Waals surface area contributed by atoms with Crippen molar-refractivity contribution in [3.05, 3.63) is 143 Å². The molecule has 0 N–H and O–H groups in total. The fourth-order valence-corrected chi connectivity index (χ4v) is 6.84. The van der Waals surface area contributed by atoms with Gasteiger partial charge in [-0.3, -0.25) is 4.68 Å². The number of hydrogen-bond donors (Lipinski definition) is 0. The minimum absolute atomic E-state index is 0. The van der Waals surface area contributed by atoms with E-state index in [9.17, 15) is 0 Å². The third kappa shape index (κ3) is 7.38. The van der Waals surface area contributed by atoms with Crippen molar-refractivity contribution < 1.29 is 25.8 Å². The number of rotatable bonds is 6. The summed E-state index contributed by atoms with van der Waals surface area (Å²) in [7, 11) is 0. The van der Waals surface area contributed by atoms with Crippen LogP contribution in [-0.4, -0.2) is 19.3 Å². The maximum Gasteiger partial charge on any atom is 2.00 e. The van der Waals surface area contributed by atoms with Crippen molar-refractivity contribution in [2.45, 2.75) is 97.8 Å². The van der Waals surface area contributed by atoms with E-state index in [4.69, 9.17) is 14.8 Å². The van der Waals surface area contributed by atoms with Gasteiger partial charge in [-0.05, 0) is 57.3 Å². The molecule has 0 saturated carbocycles. The molecule has 0 aliphatic rings. The average molecular weight is 882 g/mol. The van der Waals surface area contributed by atoms with Crippen molar-refractivity contribution in [1.29, 1.82) is 0 Å². The minimum atomic E-state index is -0.324. The predicted octanol–water partition coefficient (Wildman–Crippen LogP) is 12.0. The number of aromatic nitrogens is 4. The first-order chi connectivity index (χ1) is 24.4. The minimum Gasteiger partial charge on any atom is -0.509 e. The van der Waals surface area contributed by atoms with Gasteiger partial charge in [0.05, 0.1) is 5.69 Å². The molecular weight excluding hydrogens is 832 g/mol. The number of para-hydroxylation sites is 1. The molecule has 0 bridgehead atoms. The molecule has 0 spiro atoms. The van der Waals surface area contributed by atoms with E-state index in [2.05, 4.69) is 189 Å². The van der Waals surface area contributed by atoms with Crippen LogP contribution in [0.5, 0.6) is 11.5 Å². The fraction of sp³-hybridized carbons (Fsp3) is 0.319. The first kappa shape index (κ1) is 38.3. The summed E-state index contributed by atoms with van der Waals surface area (Å²) in [6.07, 6.45) is 1.90. The molecule has 0 aliphatic carbocycles. The van der Waals surface area contributed by atoms with Crippen molar-refractivity contribution in [2.24, 2.45) is 0 Å². The van der Waals surface area contributed by atoms with Crippen LogP contribution < -0.4 is 4.74 Å². The van der Waals surface area contributed by atoms with E-state index in [0.29, 0.717) is 11.5 Å². The molecule has 0 unspecified atom stereocenters. The number of nitrogens with zero attached hydrogens (tertiary/aromatic N) is 4. The molecule has 7 rings (SSSR count). The van der Waals surface area contributed by atoms with Crippen LogP contribution in [0, 0.1) is 12.1 Å². The van der Waals surface area contributed by atoms with Crippen molar-refractivity contribution in [3.63, 3.8) is 0 Å². The van der Waals surface area contributed by atoms with Gasteiger partial charge < -0.3 is 9.30 Å². The molecule has 6 heteroatoms. The van der Waals surface area contributed by atoms with E-state index >= 15 is 0 Å². The predicted molar refractivity (Wildman–Crippen MR) is 215 cm³/mol. The van der Waals surface area contributed by atoms with Crippen LogP contribution in [0.3, 0.4) is 0 Å². The van der Waals surface area contributed by atoms with E-state index < -0.39 is 0 Å². The molecule has 0 radical (unpaired) electrons. The van der Waals surface area contributed by atoms with Gasteiger partial charge >= 0.3 is 21.1 Å². The zero-order valence-electron chi connectivity index (χ0n) is 32.8. The summed E-state index contributed by atoms with van der Waals surface area (Å²) in [5.74, 6) is 2.07. The Bertz CT molecular complexity index is 2410. The molecule has 0 saturated heterocycles. The number of ether oxygens (including phenoxy) is 1. The first-order valence-corrected chi connectivity index (χ1v) is 18.3. The van der Waals surface area contributed by atoms with Crippen molar-refractivity contribution in [2.75, 3.05) is 0 Å².